The first-order valence-electron chi connectivity index (χ1n) is 6.11. The fourth-order valence-electron chi connectivity index (χ4n) is 1.41. The van der Waals surface area contributed by atoms with Crippen LogP contribution in [0.25, 0.3) is 0 Å². The Bertz CT molecular complexity index is 579. The smallest absolute Gasteiger partial charge is 0.369 e. The molecular weight excluding hydrogens is 375 g/mol. The first kappa shape index (κ1) is 18.2. The Morgan fingerprint density at radius 2 is 2.00 bits per heavy atom. The van der Waals surface area contributed by atoms with Crippen LogP contribution in [0, 0.1) is 0 Å². The standard InChI is InChI=1S/C11H15BrF3N3O2S/c1-2-4-16-10-9(6-8(12)7-17-10)21(19,20)18-5-3-11(13,14)15/h6-7,18H,2-5H2,1H3,(H,16,17). The molecular formula is C11H15BrF3N3O2S. The molecule has 21 heavy (non-hydrogen) atoms. The van der Waals surface area contributed by atoms with Gasteiger partial charge in [0.2, 0.25) is 10.0 Å². The zero-order chi connectivity index (χ0) is 16.1. The van der Waals surface area contributed by atoms with Gasteiger partial charge in [0.15, 0.2) is 0 Å². The van der Waals surface area contributed by atoms with Crippen molar-refractivity contribution in [2.24, 2.45) is 0 Å². The number of nitrogens with one attached hydrogen (secondary N) is 2. The van der Waals surface area contributed by atoms with Gasteiger partial charge in [-0.1, -0.05) is 6.92 Å². The summed E-state index contributed by atoms with van der Waals surface area (Å²) in [6.07, 6.45) is -3.49. The quantitative estimate of drug-likeness (QED) is 0.751. The SMILES string of the molecule is CCCNc1ncc(Br)cc1S(=O)(=O)NCCC(F)(F)F. The van der Waals surface area contributed by atoms with Gasteiger partial charge in [-0.05, 0) is 28.4 Å². The Hall–Kier alpha value is -0.870. The maximum Gasteiger partial charge on any atom is 0.390 e. The summed E-state index contributed by atoms with van der Waals surface area (Å²) in [5.74, 6) is 0.111. The van der Waals surface area contributed by atoms with E-state index in [9.17, 15) is 21.6 Å². The maximum absolute atomic E-state index is 12.1. The molecule has 0 aliphatic rings. The summed E-state index contributed by atoms with van der Waals surface area (Å²) in [4.78, 5) is 3.75. The summed E-state index contributed by atoms with van der Waals surface area (Å²) >= 11 is 3.09. The number of alkyl halides is 3. The van der Waals surface area contributed by atoms with E-state index in [0.29, 0.717) is 11.0 Å². The summed E-state index contributed by atoms with van der Waals surface area (Å²) in [5, 5.41) is 2.83. The molecule has 1 rings (SSSR count). The van der Waals surface area contributed by atoms with Crippen LogP contribution in [0.3, 0.4) is 0 Å². The van der Waals surface area contributed by atoms with Crippen molar-refractivity contribution in [2.75, 3.05) is 18.4 Å². The van der Waals surface area contributed by atoms with Crippen LogP contribution in [-0.2, 0) is 10.0 Å². The molecule has 0 radical (unpaired) electrons. The van der Waals surface area contributed by atoms with Crippen LogP contribution in [0.5, 0.6) is 0 Å². The third-order valence-corrected chi connectivity index (χ3v) is 4.26. The molecule has 0 fully saturated rings. The van der Waals surface area contributed by atoms with E-state index >= 15 is 0 Å². The number of anilines is 1. The number of pyridine rings is 1. The van der Waals surface area contributed by atoms with Gasteiger partial charge in [0.1, 0.15) is 10.7 Å². The largest absolute Gasteiger partial charge is 0.390 e. The fraction of sp³-hybridized carbons (Fsp3) is 0.545. The molecule has 2 N–H and O–H groups in total. The molecule has 0 spiro atoms. The maximum atomic E-state index is 12.1. The fourth-order valence-corrected chi connectivity index (χ4v) is 3.08. The molecule has 0 amide bonds. The lowest BCUT2D eigenvalue weighted by Crippen LogP contribution is -2.29. The van der Waals surface area contributed by atoms with Crippen molar-refractivity contribution >= 4 is 31.8 Å². The van der Waals surface area contributed by atoms with Crippen molar-refractivity contribution in [3.63, 3.8) is 0 Å². The summed E-state index contributed by atoms with van der Waals surface area (Å²) in [5.41, 5.74) is 0. The first-order chi connectivity index (χ1) is 9.65. The normalized spacial score (nSPS) is 12.4. The van der Waals surface area contributed by atoms with E-state index in [1.165, 1.54) is 12.3 Å². The monoisotopic (exact) mass is 389 g/mol. The number of sulfonamides is 1. The van der Waals surface area contributed by atoms with Crippen LogP contribution >= 0.6 is 15.9 Å². The van der Waals surface area contributed by atoms with Gasteiger partial charge in [-0.15, -0.1) is 0 Å². The average Bonchev–Trinajstić information content (AvgIpc) is 2.35. The Morgan fingerprint density at radius 3 is 2.57 bits per heavy atom. The van der Waals surface area contributed by atoms with Crippen LogP contribution in [0.4, 0.5) is 19.0 Å². The van der Waals surface area contributed by atoms with Crippen molar-refractivity contribution in [1.82, 2.24) is 9.71 Å². The van der Waals surface area contributed by atoms with Crippen LogP contribution in [0.2, 0.25) is 0 Å². The van der Waals surface area contributed by atoms with E-state index in [2.05, 4.69) is 26.2 Å². The number of hydrogen-bond acceptors (Lipinski definition) is 4. The number of rotatable bonds is 7. The highest BCUT2D eigenvalue weighted by atomic mass is 79.9. The predicted molar refractivity (Wildman–Crippen MR) is 76.6 cm³/mol. The summed E-state index contributed by atoms with van der Waals surface area (Å²) in [6, 6.07) is 1.29. The van der Waals surface area contributed by atoms with Crippen LogP contribution in [0.1, 0.15) is 19.8 Å². The van der Waals surface area contributed by atoms with E-state index in [-0.39, 0.29) is 10.7 Å². The molecule has 0 aromatic carbocycles. The summed E-state index contributed by atoms with van der Waals surface area (Å²) in [6.45, 7) is 1.67. The van der Waals surface area contributed by atoms with Crippen molar-refractivity contribution in [3.05, 3.63) is 16.7 Å². The molecule has 0 atom stereocenters. The molecule has 10 heteroatoms. The summed E-state index contributed by atoms with van der Waals surface area (Å²) in [7, 11) is -4.07. The molecule has 0 unspecified atom stereocenters. The molecule has 0 saturated heterocycles. The van der Waals surface area contributed by atoms with Crippen LogP contribution in [-0.4, -0.2) is 32.7 Å². The molecule has 1 aromatic heterocycles. The lowest BCUT2D eigenvalue weighted by atomic mass is 10.4. The van der Waals surface area contributed by atoms with Gasteiger partial charge in [-0.2, -0.15) is 13.2 Å². The average molecular weight is 390 g/mol. The molecule has 0 saturated carbocycles. The first-order valence-corrected chi connectivity index (χ1v) is 8.39. The molecule has 0 bridgehead atoms. The minimum atomic E-state index is -4.42. The van der Waals surface area contributed by atoms with E-state index in [0.717, 1.165) is 6.42 Å². The van der Waals surface area contributed by atoms with E-state index in [1.807, 2.05) is 11.6 Å². The molecule has 5 nitrogen and oxygen atoms in total. The molecule has 120 valence electrons. The van der Waals surface area contributed by atoms with E-state index in [1.54, 1.807) is 0 Å². The zero-order valence-corrected chi connectivity index (χ0v) is 13.6. The van der Waals surface area contributed by atoms with Crippen LogP contribution in [0.15, 0.2) is 21.6 Å². The van der Waals surface area contributed by atoms with Gasteiger partial charge in [0, 0.05) is 23.8 Å². The van der Waals surface area contributed by atoms with Crippen LogP contribution < -0.4 is 10.0 Å². The Balaban J connectivity index is 2.93. The number of hydrogen-bond donors (Lipinski definition) is 2. The Labute approximate surface area is 129 Å². The van der Waals surface area contributed by atoms with E-state index in [4.69, 9.17) is 0 Å². The number of aromatic nitrogens is 1. The predicted octanol–water partition coefficient (Wildman–Crippen LogP) is 2.90. The Morgan fingerprint density at radius 1 is 1.33 bits per heavy atom. The van der Waals surface area contributed by atoms with Gasteiger partial charge in [-0.25, -0.2) is 18.1 Å². The Kier molecular flexibility index (Phi) is 6.41. The second kappa shape index (κ2) is 7.41. The van der Waals surface area contributed by atoms with Crippen molar-refractivity contribution < 1.29 is 21.6 Å². The van der Waals surface area contributed by atoms with Crippen molar-refractivity contribution in [1.29, 1.82) is 0 Å². The molecule has 1 aromatic rings. The highest BCUT2D eigenvalue weighted by Gasteiger charge is 2.28. The number of halogens is 4. The summed E-state index contributed by atoms with van der Waals surface area (Å²) < 4.78 is 62.7. The lowest BCUT2D eigenvalue weighted by Gasteiger charge is -2.13. The highest BCUT2D eigenvalue weighted by molar-refractivity contribution is 9.10. The van der Waals surface area contributed by atoms with Gasteiger partial charge >= 0.3 is 6.18 Å². The second-order valence-electron chi connectivity index (χ2n) is 4.19. The third kappa shape index (κ3) is 6.18. The number of nitrogens with zero attached hydrogens (tertiary/aromatic N) is 1. The van der Waals surface area contributed by atoms with Crippen molar-refractivity contribution in [3.8, 4) is 0 Å². The van der Waals surface area contributed by atoms with Crippen molar-refractivity contribution in [2.45, 2.75) is 30.8 Å². The lowest BCUT2D eigenvalue weighted by molar-refractivity contribution is -0.132. The van der Waals surface area contributed by atoms with Gasteiger partial charge in [0.05, 0.1) is 6.42 Å². The molecule has 0 aliphatic heterocycles. The molecule has 0 aliphatic carbocycles. The van der Waals surface area contributed by atoms with Gasteiger partial charge < -0.3 is 5.32 Å². The third-order valence-electron chi connectivity index (χ3n) is 2.35. The zero-order valence-electron chi connectivity index (χ0n) is 11.2. The van der Waals surface area contributed by atoms with Gasteiger partial charge in [-0.3, -0.25) is 0 Å². The highest BCUT2D eigenvalue weighted by Crippen LogP contribution is 2.23. The minimum Gasteiger partial charge on any atom is -0.369 e. The second-order valence-corrected chi connectivity index (χ2v) is 6.84. The molecule has 1 heterocycles. The van der Waals surface area contributed by atoms with Gasteiger partial charge in [0.25, 0.3) is 0 Å². The minimum absolute atomic E-state index is 0.111. The van der Waals surface area contributed by atoms with E-state index < -0.39 is 29.2 Å². The topological polar surface area (TPSA) is 71.1 Å².